The van der Waals surface area contributed by atoms with Crippen molar-refractivity contribution in [2.45, 2.75) is 46.5 Å². The van der Waals surface area contributed by atoms with Crippen molar-refractivity contribution in [2.75, 3.05) is 0 Å². The third-order valence-corrected chi connectivity index (χ3v) is 3.21. The molecule has 2 aromatic rings. The van der Waals surface area contributed by atoms with Gasteiger partial charge in [0.15, 0.2) is 0 Å². The Morgan fingerprint density at radius 2 is 1.71 bits per heavy atom. The summed E-state index contributed by atoms with van der Waals surface area (Å²) in [5, 5.41) is 1.20. The lowest BCUT2D eigenvalue weighted by Gasteiger charge is -2.33. The van der Waals surface area contributed by atoms with E-state index in [-0.39, 0.29) is 5.41 Å². The van der Waals surface area contributed by atoms with E-state index in [0.29, 0.717) is 5.41 Å². The Kier molecular flexibility index (Phi) is 2.81. The molecule has 0 aliphatic carbocycles. The van der Waals surface area contributed by atoms with Gasteiger partial charge in [-0.1, -0.05) is 40.7 Å². The van der Waals surface area contributed by atoms with E-state index < -0.39 is 0 Å². The quantitative estimate of drug-likeness (QED) is 0.695. The minimum absolute atomic E-state index is 0.198. The van der Waals surface area contributed by atoms with E-state index in [2.05, 4.69) is 52.8 Å². The second kappa shape index (κ2) is 3.90. The smallest absolute Gasteiger partial charge is 0.133 e. The second-order valence-corrected chi connectivity index (χ2v) is 6.79. The van der Waals surface area contributed by atoms with Crippen LogP contribution in [0.15, 0.2) is 34.9 Å². The molecule has 0 atom stereocenters. The van der Waals surface area contributed by atoms with E-state index in [0.717, 1.165) is 5.58 Å². The van der Waals surface area contributed by atoms with Crippen LogP contribution in [0.4, 0.5) is 0 Å². The molecule has 0 saturated heterocycles. The van der Waals surface area contributed by atoms with Gasteiger partial charge in [0.2, 0.25) is 0 Å². The Bertz CT molecular complexity index is 512. The lowest BCUT2D eigenvalue weighted by Crippen LogP contribution is -2.24. The van der Waals surface area contributed by atoms with Gasteiger partial charge in [-0.15, -0.1) is 0 Å². The lowest BCUT2D eigenvalue weighted by atomic mass is 9.72. The van der Waals surface area contributed by atoms with E-state index in [1.807, 2.05) is 6.07 Å². The maximum absolute atomic E-state index is 5.39. The SMILES string of the molecule is CC(C)(C)CC(C)(C)c1ccc2occc2c1. The number of benzene rings is 1. The minimum atomic E-state index is 0.198. The first-order valence-electron chi connectivity index (χ1n) is 6.26. The Labute approximate surface area is 104 Å². The number of hydrogen-bond donors (Lipinski definition) is 0. The van der Waals surface area contributed by atoms with Gasteiger partial charge in [-0.3, -0.25) is 0 Å². The highest BCUT2D eigenvalue weighted by atomic mass is 16.3. The van der Waals surface area contributed by atoms with Gasteiger partial charge in [-0.25, -0.2) is 0 Å². The lowest BCUT2D eigenvalue weighted by molar-refractivity contribution is 0.284. The van der Waals surface area contributed by atoms with Crippen LogP contribution in [0, 0.1) is 5.41 Å². The molecule has 0 spiro atoms. The molecule has 1 aromatic carbocycles. The first-order valence-corrected chi connectivity index (χ1v) is 6.26. The van der Waals surface area contributed by atoms with Crippen LogP contribution < -0.4 is 0 Å². The van der Waals surface area contributed by atoms with E-state index in [1.165, 1.54) is 17.4 Å². The summed E-state index contributed by atoms with van der Waals surface area (Å²) in [6.45, 7) is 11.5. The zero-order valence-corrected chi connectivity index (χ0v) is 11.5. The van der Waals surface area contributed by atoms with Crippen LogP contribution in [0.25, 0.3) is 11.0 Å². The van der Waals surface area contributed by atoms with Crippen LogP contribution in [0.3, 0.4) is 0 Å². The molecule has 0 aliphatic rings. The van der Waals surface area contributed by atoms with Crippen molar-refractivity contribution in [3.63, 3.8) is 0 Å². The molecule has 0 fully saturated rings. The van der Waals surface area contributed by atoms with Crippen molar-refractivity contribution in [3.05, 3.63) is 36.1 Å². The van der Waals surface area contributed by atoms with Gasteiger partial charge in [-0.2, -0.15) is 0 Å². The van der Waals surface area contributed by atoms with Gasteiger partial charge >= 0.3 is 0 Å². The van der Waals surface area contributed by atoms with Crippen LogP contribution in [0.5, 0.6) is 0 Å². The zero-order chi connectivity index (χ0) is 12.7. The first-order chi connectivity index (χ1) is 7.78. The molecule has 0 N–H and O–H groups in total. The fourth-order valence-electron chi connectivity index (χ4n) is 2.82. The van der Waals surface area contributed by atoms with Gasteiger partial charge < -0.3 is 4.42 Å². The molecule has 0 bridgehead atoms. The Balaban J connectivity index is 2.37. The van der Waals surface area contributed by atoms with E-state index in [4.69, 9.17) is 4.42 Å². The normalized spacial score (nSPS) is 13.2. The molecular formula is C16H22O. The molecule has 1 heteroatoms. The number of fused-ring (bicyclic) bond motifs is 1. The van der Waals surface area contributed by atoms with Crippen LogP contribution >= 0.6 is 0 Å². The molecule has 17 heavy (non-hydrogen) atoms. The summed E-state index contributed by atoms with van der Waals surface area (Å²) in [6, 6.07) is 8.56. The maximum atomic E-state index is 5.39. The molecule has 1 aromatic heterocycles. The average molecular weight is 230 g/mol. The average Bonchev–Trinajstić information content (AvgIpc) is 2.59. The summed E-state index contributed by atoms with van der Waals surface area (Å²) in [4.78, 5) is 0. The van der Waals surface area contributed by atoms with Crippen molar-refractivity contribution in [3.8, 4) is 0 Å². The highest BCUT2D eigenvalue weighted by molar-refractivity contribution is 5.78. The summed E-state index contributed by atoms with van der Waals surface area (Å²) in [7, 11) is 0. The van der Waals surface area contributed by atoms with E-state index in [9.17, 15) is 0 Å². The zero-order valence-electron chi connectivity index (χ0n) is 11.5. The van der Waals surface area contributed by atoms with Crippen LogP contribution in [-0.4, -0.2) is 0 Å². The van der Waals surface area contributed by atoms with Crippen molar-refractivity contribution in [2.24, 2.45) is 5.41 Å². The Morgan fingerprint density at radius 3 is 2.35 bits per heavy atom. The second-order valence-electron chi connectivity index (χ2n) is 6.79. The molecule has 0 saturated carbocycles. The molecule has 1 nitrogen and oxygen atoms in total. The molecular weight excluding hydrogens is 208 g/mol. The number of furan rings is 1. The predicted octanol–water partition coefficient (Wildman–Crippen LogP) is 5.15. The molecule has 2 rings (SSSR count). The number of rotatable bonds is 2. The summed E-state index contributed by atoms with van der Waals surface area (Å²) in [6.07, 6.45) is 2.93. The van der Waals surface area contributed by atoms with Gasteiger partial charge in [0.05, 0.1) is 6.26 Å². The van der Waals surface area contributed by atoms with Crippen LogP contribution in [0.2, 0.25) is 0 Å². The molecule has 0 amide bonds. The third kappa shape index (κ3) is 2.71. The molecule has 0 unspecified atom stereocenters. The Morgan fingerprint density at radius 1 is 1.00 bits per heavy atom. The van der Waals surface area contributed by atoms with Crippen molar-refractivity contribution in [1.82, 2.24) is 0 Å². The predicted molar refractivity (Wildman–Crippen MR) is 73.3 cm³/mol. The summed E-state index contributed by atoms with van der Waals surface area (Å²) in [5.41, 5.74) is 2.90. The van der Waals surface area contributed by atoms with Crippen LogP contribution in [0.1, 0.15) is 46.6 Å². The molecule has 0 radical (unpaired) electrons. The minimum Gasteiger partial charge on any atom is -0.464 e. The van der Waals surface area contributed by atoms with E-state index >= 15 is 0 Å². The largest absolute Gasteiger partial charge is 0.464 e. The van der Waals surface area contributed by atoms with Gasteiger partial charge in [0.25, 0.3) is 0 Å². The monoisotopic (exact) mass is 230 g/mol. The topological polar surface area (TPSA) is 13.1 Å². The van der Waals surface area contributed by atoms with E-state index in [1.54, 1.807) is 6.26 Å². The van der Waals surface area contributed by atoms with Crippen molar-refractivity contribution >= 4 is 11.0 Å². The summed E-state index contributed by atoms with van der Waals surface area (Å²) < 4.78 is 5.39. The molecule has 0 aliphatic heterocycles. The fraction of sp³-hybridized carbons (Fsp3) is 0.500. The fourth-order valence-corrected chi connectivity index (χ4v) is 2.82. The van der Waals surface area contributed by atoms with Crippen molar-refractivity contribution in [1.29, 1.82) is 0 Å². The molecule has 1 heterocycles. The van der Waals surface area contributed by atoms with Gasteiger partial charge in [-0.05, 0) is 41.0 Å². The third-order valence-electron chi connectivity index (χ3n) is 3.21. The Hall–Kier alpha value is -1.24. The van der Waals surface area contributed by atoms with Crippen molar-refractivity contribution < 1.29 is 4.42 Å². The number of hydrogen-bond acceptors (Lipinski definition) is 1. The van der Waals surface area contributed by atoms with Crippen LogP contribution in [-0.2, 0) is 5.41 Å². The highest BCUT2D eigenvalue weighted by Gasteiger charge is 2.27. The highest BCUT2D eigenvalue weighted by Crippen LogP contribution is 2.37. The molecule has 92 valence electrons. The summed E-state index contributed by atoms with van der Waals surface area (Å²) >= 11 is 0. The summed E-state index contributed by atoms with van der Waals surface area (Å²) in [5.74, 6) is 0. The van der Waals surface area contributed by atoms with Gasteiger partial charge in [0.1, 0.15) is 5.58 Å². The van der Waals surface area contributed by atoms with Gasteiger partial charge in [0, 0.05) is 5.39 Å². The maximum Gasteiger partial charge on any atom is 0.133 e. The first kappa shape index (κ1) is 12.2. The standard InChI is InChI=1S/C16H22O/c1-15(2,3)11-16(4,5)13-6-7-14-12(10-13)8-9-17-14/h6-10H,11H2,1-5H3.